The number of nitrogens with zero attached hydrogens (tertiary/aromatic N) is 2. The first kappa shape index (κ1) is 10.9. The van der Waals surface area contributed by atoms with E-state index in [4.69, 9.17) is 15.9 Å². The smallest absolute Gasteiger partial charge is 0.328 e. The van der Waals surface area contributed by atoms with Crippen LogP contribution in [0.15, 0.2) is 4.63 Å². The van der Waals surface area contributed by atoms with Gasteiger partial charge in [0.2, 0.25) is 11.5 Å². The lowest BCUT2D eigenvalue weighted by Gasteiger charge is -2.09. The van der Waals surface area contributed by atoms with Crippen molar-refractivity contribution in [3.8, 4) is 0 Å². The fraction of sp³-hybridized carbons (Fsp3) is 0.333. The summed E-state index contributed by atoms with van der Waals surface area (Å²) in [4.78, 5) is 21.7. The summed E-state index contributed by atoms with van der Waals surface area (Å²) in [6.07, 6.45) is 0. The van der Waals surface area contributed by atoms with Crippen molar-refractivity contribution >= 4 is 17.7 Å². The lowest BCUT2D eigenvalue weighted by atomic mass is 10.3. The largest absolute Gasteiger partial charge is 0.480 e. The highest BCUT2D eigenvalue weighted by Gasteiger charge is 2.23. The van der Waals surface area contributed by atoms with E-state index < -0.39 is 24.5 Å². The van der Waals surface area contributed by atoms with E-state index in [1.54, 1.807) is 0 Å². The third kappa shape index (κ3) is 2.40. The number of hydrogen-bond acceptors (Lipinski definition) is 7. The summed E-state index contributed by atoms with van der Waals surface area (Å²) in [5.41, 5.74) is 4.87. The summed E-state index contributed by atoms with van der Waals surface area (Å²) < 4.78 is 4.15. The van der Waals surface area contributed by atoms with E-state index in [1.165, 1.54) is 0 Å². The topological polar surface area (TPSA) is 152 Å². The Morgan fingerprint density at radius 1 is 1.53 bits per heavy atom. The lowest BCUT2D eigenvalue weighted by molar-refractivity contribution is -0.140. The highest BCUT2D eigenvalue weighted by molar-refractivity contribution is 5.98. The molecule has 1 amide bonds. The van der Waals surface area contributed by atoms with Crippen molar-refractivity contribution in [1.82, 2.24) is 15.6 Å². The number of aliphatic hydroxyl groups is 1. The van der Waals surface area contributed by atoms with Crippen molar-refractivity contribution in [2.75, 3.05) is 12.3 Å². The third-order valence-corrected chi connectivity index (χ3v) is 1.51. The van der Waals surface area contributed by atoms with E-state index in [1.807, 2.05) is 5.32 Å². The molecule has 82 valence electrons. The van der Waals surface area contributed by atoms with Crippen molar-refractivity contribution < 1.29 is 24.4 Å². The van der Waals surface area contributed by atoms with Crippen LogP contribution >= 0.6 is 0 Å². The molecular weight excluding hydrogens is 208 g/mol. The molecule has 15 heavy (non-hydrogen) atoms. The molecule has 0 aliphatic rings. The second-order valence-electron chi connectivity index (χ2n) is 2.54. The number of hydrogen-bond donors (Lipinski definition) is 4. The summed E-state index contributed by atoms with van der Waals surface area (Å²) in [6, 6.07) is -1.42. The quantitative estimate of drug-likeness (QED) is 0.443. The van der Waals surface area contributed by atoms with Gasteiger partial charge in [-0.05, 0) is 10.3 Å². The number of nitrogens with two attached hydrogens (primary N) is 1. The molecule has 0 aliphatic heterocycles. The van der Waals surface area contributed by atoms with E-state index in [0.29, 0.717) is 0 Å². The Kier molecular flexibility index (Phi) is 3.18. The fourth-order valence-electron chi connectivity index (χ4n) is 0.765. The first-order valence-corrected chi connectivity index (χ1v) is 3.78. The van der Waals surface area contributed by atoms with Crippen molar-refractivity contribution in [3.05, 3.63) is 5.69 Å². The van der Waals surface area contributed by atoms with Crippen LogP contribution in [0.5, 0.6) is 0 Å². The zero-order valence-corrected chi connectivity index (χ0v) is 7.38. The van der Waals surface area contributed by atoms with Gasteiger partial charge in [-0.3, -0.25) is 4.79 Å². The second-order valence-corrected chi connectivity index (χ2v) is 2.54. The Morgan fingerprint density at radius 2 is 2.20 bits per heavy atom. The number of rotatable bonds is 4. The minimum atomic E-state index is -1.42. The summed E-state index contributed by atoms with van der Waals surface area (Å²) in [7, 11) is 0. The minimum Gasteiger partial charge on any atom is -0.480 e. The number of nitrogen functional groups attached to an aromatic ring is 1. The van der Waals surface area contributed by atoms with Gasteiger partial charge < -0.3 is 21.3 Å². The Balaban J connectivity index is 2.71. The SMILES string of the molecule is Nc1nonc1C(=O)N[C@H](CO)C(=O)O. The number of nitrogens with one attached hydrogen (secondary N) is 1. The molecule has 0 spiro atoms. The van der Waals surface area contributed by atoms with E-state index in [-0.39, 0.29) is 11.5 Å². The molecular formula is C6H8N4O5. The van der Waals surface area contributed by atoms with Crippen molar-refractivity contribution in [2.24, 2.45) is 0 Å². The van der Waals surface area contributed by atoms with Crippen molar-refractivity contribution in [3.63, 3.8) is 0 Å². The highest BCUT2D eigenvalue weighted by Crippen LogP contribution is 2.03. The van der Waals surface area contributed by atoms with Gasteiger partial charge in [0.15, 0.2) is 6.04 Å². The molecule has 0 saturated heterocycles. The Morgan fingerprint density at radius 3 is 2.60 bits per heavy atom. The molecule has 0 saturated carbocycles. The molecule has 0 bridgehead atoms. The van der Waals surface area contributed by atoms with Gasteiger partial charge in [0, 0.05) is 0 Å². The number of aromatic nitrogens is 2. The molecule has 1 aromatic heterocycles. The van der Waals surface area contributed by atoms with Crippen molar-refractivity contribution in [1.29, 1.82) is 0 Å². The maximum Gasteiger partial charge on any atom is 0.328 e. The van der Waals surface area contributed by atoms with Crippen LogP contribution in [0.4, 0.5) is 5.82 Å². The molecule has 1 atom stereocenters. The number of amides is 1. The highest BCUT2D eigenvalue weighted by atomic mass is 16.6. The standard InChI is InChI=1S/C6H8N4O5/c7-4-3(9-15-10-4)5(12)8-2(1-11)6(13)14/h2,11H,1H2,(H2,7,10)(H,8,12)(H,13,14)/t2-/m1/s1. The molecule has 5 N–H and O–H groups in total. The number of carbonyl (C=O) groups excluding carboxylic acids is 1. The van der Waals surface area contributed by atoms with Crippen LogP contribution in [-0.4, -0.2) is 45.1 Å². The van der Waals surface area contributed by atoms with Gasteiger partial charge in [0.1, 0.15) is 0 Å². The predicted octanol–water partition coefficient (Wildman–Crippen LogP) is -2.17. The van der Waals surface area contributed by atoms with Crippen LogP contribution in [0.1, 0.15) is 10.5 Å². The van der Waals surface area contributed by atoms with Gasteiger partial charge in [-0.15, -0.1) is 0 Å². The Hall–Kier alpha value is -2.16. The number of carbonyl (C=O) groups is 2. The molecule has 1 rings (SSSR count). The monoisotopic (exact) mass is 216 g/mol. The van der Waals surface area contributed by atoms with Crippen LogP contribution in [0, 0.1) is 0 Å². The second kappa shape index (κ2) is 4.37. The predicted molar refractivity (Wildman–Crippen MR) is 44.7 cm³/mol. The van der Waals surface area contributed by atoms with Gasteiger partial charge in [0.05, 0.1) is 6.61 Å². The van der Waals surface area contributed by atoms with E-state index in [2.05, 4.69) is 14.9 Å². The molecule has 9 heteroatoms. The van der Waals surface area contributed by atoms with Gasteiger partial charge in [-0.25, -0.2) is 9.42 Å². The minimum absolute atomic E-state index is 0.255. The Bertz CT molecular complexity index is 375. The third-order valence-electron chi connectivity index (χ3n) is 1.51. The molecule has 9 nitrogen and oxygen atoms in total. The fourth-order valence-corrected chi connectivity index (χ4v) is 0.765. The van der Waals surface area contributed by atoms with E-state index in [9.17, 15) is 9.59 Å². The number of anilines is 1. The van der Waals surface area contributed by atoms with Crippen LogP contribution in [0.25, 0.3) is 0 Å². The molecule has 0 aliphatic carbocycles. The van der Waals surface area contributed by atoms with Crippen LogP contribution < -0.4 is 11.1 Å². The normalized spacial score (nSPS) is 12.1. The summed E-state index contributed by atoms with van der Waals surface area (Å²) in [6.45, 7) is -0.744. The molecule has 0 radical (unpaired) electrons. The Labute approximate surface area is 82.8 Å². The van der Waals surface area contributed by atoms with Crippen molar-refractivity contribution in [2.45, 2.75) is 6.04 Å². The summed E-state index contributed by atoms with van der Waals surface area (Å²) in [5.74, 6) is -2.51. The zero-order chi connectivity index (χ0) is 11.4. The maximum atomic E-state index is 11.3. The summed E-state index contributed by atoms with van der Waals surface area (Å²) in [5, 5.41) is 25.4. The first-order valence-electron chi connectivity index (χ1n) is 3.78. The summed E-state index contributed by atoms with van der Waals surface area (Å²) >= 11 is 0. The van der Waals surface area contributed by atoms with Gasteiger partial charge in [-0.2, -0.15) is 0 Å². The molecule has 0 fully saturated rings. The van der Waals surface area contributed by atoms with Crippen LogP contribution in [0.2, 0.25) is 0 Å². The number of carboxylic acids is 1. The maximum absolute atomic E-state index is 11.3. The molecule has 0 unspecified atom stereocenters. The molecule has 1 aromatic rings. The van der Waals surface area contributed by atoms with E-state index in [0.717, 1.165) is 0 Å². The zero-order valence-electron chi connectivity index (χ0n) is 7.38. The number of carboxylic acid groups (broad SMARTS) is 1. The van der Waals surface area contributed by atoms with Gasteiger partial charge in [-0.1, -0.05) is 0 Å². The van der Waals surface area contributed by atoms with Crippen LogP contribution in [0.3, 0.4) is 0 Å². The molecule has 1 heterocycles. The van der Waals surface area contributed by atoms with Gasteiger partial charge >= 0.3 is 5.97 Å². The average Bonchev–Trinajstić information content (AvgIpc) is 2.60. The number of aliphatic carboxylic acids is 1. The lowest BCUT2D eigenvalue weighted by Crippen LogP contribution is -2.43. The average molecular weight is 216 g/mol. The number of aliphatic hydroxyl groups excluding tert-OH is 1. The first-order chi connectivity index (χ1) is 7.06. The molecule has 0 aromatic carbocycles. The van der Waals surface area contributed by atoms with Crippen LogP contribution in [-0.2, 0) is 4.79 Å². The van der Waals surface area contributed by atoms with E-state index >= 15 is 0 Å². The van der Waals surface area contributed by atoms with Gasteiger partial charge in [0.25, 0.3) is 5.91 Å².